The highest BCUT2D eigenvalue weighted by Gasteiger charge is 2.44. The molecule has 0 aromatic heterocycles. The first-order chi connectivity index (χ1) is 17.3. The van der Waals surface area contributed by atoms with Crippen molar-refractivity contribution >= 4 is 23.2 Å². The summed E-state index contributed by atoms with van der Waals surface area (Å²) in [5.74, 6) is 0. The molecule has 1 aliphatic heterocycles. The van der Waals surface area contributed by atoms with Gasteiger partial charge in [0.1, 0.15) is 23.2 Å². The molecule has 0 aliphatic carbocycles. The molecule has 3 aromatic carbocycles. The largest absolute Gasteiger partial charge is 0.353 e. The maximum Gasteiger partial charge on any atom is 0.157 e. The summed E-state index contributed by atoms with van der Waals surface area (Å²) in [5, 5.41) is 4.48. The first-order valence-corrected chi connectivity index (χ1v) is 15.6. The average Bonchev–Trinajstić information content (AvgIpc) is 2.92. The zero-order valence-electron chi connectivity index (χ0n) is 21.4. The van der Waals surface area contributed by atoms with Crippen molar-refractivity contribution in [2.45, 2.75) is 77.1 Å². The number of rotatable bonds is 13. The standard InChI is InChI=1S/C32H42O2P/c1-28(34-32-25-15-16-26-33-32)18-8-3-2-4-17-27-35(29-19-9-5-10-20-29,30-21-11-6-12-22-30)31-23-13-7-14-24-31/h5-7,9-14,19-24,28,32H,2-4,8,15-18,25-27H2,1H3/q+1. The lowest BCUT2D eigenvalue weighted by atomic mass is 10.1. The number of hydrogen-bond donors (Lipinski definition) is 0. The predicted octanol–water partition coefficient (Wildman–Crippen LogP) is 7.25. The molecule has 1 fully saturated rings. The van der Waals surface area contributed by atoms with Gasteiger partial charge in [-0.2, -0.15) is 0 Å². The molecule has 0 spiro atoms. The molecule has 1 heterocycles. The summed E-state index contributed by atoms with van der Waals surface area (Å²) in [5.41, 5.74) is 0. The fourth-order valence-electron chi connectivity index (χ4n) is 5.34. The molecule has 0 radical (unpaired) electrons. The van der Waals surface area contributed by atoms with Crippen LogP contribution in [0.25, 0.3) is 0 Å². The summed E-state index contributed by atoms with van der Waals surface area (Å²) < 4.78 is 11.8. The zero-order valence-corrected chi connectivity index (χ0v) is 22.3. The van der Waals surface area contributed by atoms with E-state index in [-0.39, 0.29) is 6.29 Å². The number of ether oxygens (including phenoxy) is 2. The Labute approximate surface area is 213 Å². The smallest absolute Gasteiger partial charge is 0.157 e. The summed E-state index contributed by atoms with van der Waals surface area (Å²) in [6.45, 7) is 3.06. The molecule has 0 amide bonds. The van der Waals surface area contributed by atoms with E-state index >= 15 is 0 Å². The molecule has 4 rings (SSSR count). The van der Waals surface area contributed by atoms with E-state index in [0.29, 0.717) is 6.10 Å². The van der Waals surface area contributed by atoms with Crippen LogP contribution in [0.5, 0.6) is 0 Å². The third kappa shape index (κ3) is 7.26. The summed E-state index contributed by atoms with van der Waals surface area (Å²) in [4.78, 5) is 0. The maximum absolute atomic E-state index is 6.09. The molecule has 35 heavy (non-hydrogen) atoms. The molecule has 0 N–H and O–H groups in total. The zero-order chi connectivity index (χ0) is 24.2. The van der Waals surface area contributed by atoms with E-state index in [9.17, 15) is 0 Å². The van der Waals surface area contributed by atoms with Crippen molar-refractivity contribution in [3.63, 3.8) is 0 Å². The highest BCUT2D eigenvalue weighted by atomic mass is 31.2. The molecule has 0 bridgehead atoms. The van der Waals surface area contributed by atoms with Crippen LogP contribution in [-0.4, -0.2) is 25.2 Å². The van der Waals surface area contributed by atoms with Gasteiger partial charge in [0.15, 0.2) is 6.29 Å². The lowest BCUT2D eigenvalue weighted by Gasteiger charge is -2.27. The second-order valence-electron chi connectivity index (χ2n) is 9.84. The second-order valence-corrected chi connectivity index (χ2v) is 13.5. The Morgan fingerprint density at radius 3 is 1.74 bits per heavy atom. The van der Waals surface area contributed by atoms with E-state index in [1.54, 1.807) is 0 Å². The van der Waals surface area contributed by atoms with Crippen LogP contribution < -0.4 is 15.9 Å². The molecule has 3 heteroatoms. The van der Waals surface area contributed by atoms with Crippen LogP contribution in [0.1, 0.15) is 64.7 Å². The molecular weight excluding hydrogens is 447 g/mol. The monoisotopic (exact) mass is 489 g/mol. The Hall–Kier alpha value is -1.99. The van der Waals surface area contributed by atoms with Crippen LogP contribution in [0.15, 0.2) is 91.0 Å². The fraction of sp³-hybridized carbons (Fsp3) is 0.438. The van der Waals surface area contributed by atoms with Crippen molar-refractivity contribution < 1.29 is 9.47 Å². The van der Waals surface area contributed by atoms with Crippen molar-refractivity contribution in [2.24, 2.45) is 0 Å². The first-order valence-electron chi connectivity index (χ1n) is 13.6. The topological polar surface area (TPSA) is 18.5 Å². The Kier molecular flexibility index (Phi) is 10.4. The third-order valence-corrected chi connectivity index (χ3v) is 11.7. The van der Waals surface area contributed by atoms with Gasteiger partial charge in [0.25, 0.3) is 0 Å². The Morgan fingerprint density at radius 2 is 1.23 bits per heavy atom. The quantitative estimate of drug-likeness (QED) is 0.186. The maximum atomic E-state index is 6.09. The van der Waals surface area contributed by atoms with Crippen LogP contribution in [0.2, 0.25) is 0 Å². The summed E-state index contributed by atoms with van der Waals surface area (Å²) in [6.07, 6.45) is 12.5. The van der Waals surface area contributed by atoms with E-state index in [4.69, 9.17) is 9.47 Å². The van der Waals surface area contributed by atoms with Crippen LogP contribution >= 0.6 is 7.26 Å². The van der Waals surface area contributed by atoms with Gasteiger partial charge in [-0.1, -0.05) is 73.9 Å². The Balaban J connectivity index is 1.34. The van der Waals surface area contributed by atoms with Gasteiger partial charge in [-0.3, -0.25) is 0 Å². The Bertz CT molecular complexity index is 858. The highest BCUT2D eigenvalue weighted by Crippen LogP contribution is 2.56. The SMILES string of the molecule is CC(CCCCCCC[P+](c1ccccc1)(c1ccccc1)c1ccccc1)OC1CCCCO1. The van der Waals surface area contributed by atoms with E-state index < -0.39 is 7.26 Å². The van der Waals surface area contributed by atoms with E-state index in [2.05, 4.69) is 97.9 Å². The predicted molar refractivity (Wildman–Crippen MR) is 152 cm³/mol. The molecule has 2 unspecified atom stereocenters. The van der Waals surface area contributed by atoms with E-state index in [1.807, 2.05) is 0 Å². The summed E-state index contributed by atoms with van der Waals surface area (Å²) in [6, 6.07) is 33.8. The lowest BCUT2D eigenvalue weighted by molar-refractivity contribution is -0.185. The van der Waals surface area contributed by atoms with E-state index in [1.165, 1.54) is 67.0 Å². The van der Waals surface area contributed by atoms with Crippen LogP contribution in [0.4, 0.5) is 0 Å². The molecule has 0 saturated carbocycles. The van der Waals surface area contributed by atoms with Crippen molar-refractivity contribution in [2.75, 3.05) is 12.8 Å². The fourth-order valence-corrected chi connectivity index (χ4v) is 9.75. The minimum Gasteiger partial charge on any atom is -0.353 e. The molecule has 1 saturated heterocycles. The molecule has 2 atom stereocenters. The van der Waals surface area contributed by atoms with Crippen molar-refractivity contribution in [3.05, 3.63) is 91.0 Å². The van der Waals surface area contributed by atoms with Gasteiger partial charge in [-0.15, -0.1) is 0 Å². The Morgan fingerprint density at radius 1 is 0.714 bits per heavy atom. The van der Waals surface area contributed by atoms with Gasteiger partial charge in [0.2, 0.25) is 0 Å². The average molecular weight is 490 g/mol. The van der Waals surface area contributed by atoms with Gasteiger partial charge in [0.05, 0.1) is 12.3 Å². The summed E-state index contributed by atoms with van der Waals surface area (Å²) in [7, 11) is -1.68. The van der Waals surface area contributed by atoms with Crippen molar-refractivity contribution in [1.29, 1.82) is 0 Å². The summed E-state index contributed by atoms with van der Waals surface area (Å²) >= 11 is 0. The van der Waals surface area contributed by atoms with Crippen LogP contribution in [0, 0.1) is 0 Å². The van der Waals surface area contributed by atoms with Gasteiger partial charge in [-0.25, -0.2) is 0 Å². The van der Waals surface area contributed by atoms with Crippen LogP contribution in [-0.2, 0) is 9.47 Å². The minimum absolute atomic E-state index is 0.0322. The minimum atomic E-state index is -1.68. The molecule has 186 valence electrons. The van der Waals surface area contributed by atoms with Crippen molar-refractivity contribution in [1.82, 2.24) is 0 Å². The third-order valence-electron chi connectivity index (χ3n) is 7.22. The molecule has 2 nitrogen and oxygen atoms in total. The highest BCUT2D eigenvalue weighted by molar-refractivity contribution is 7.95. The van der Waals surface area contributed by atoms with Gasteiger partial charge >= 0.3 is 0 Å². The van der Waals surface area contributed by atoms with E-state index in [0.717, 1.165) is 19.4 Å². The first kappa shape index (κ1) is 26.1. The number of benzene rings is 3. The lowest BCUT2D eigenvalue weighted by Crippen LogP contribution is -2.33. The molecular formula is C32H42O2P+. The van der Waals surface area contributed by atoms with Crippen molar-refractivity contribution in [3.8, 4) is 0 Å². The van der Waals surface area contributed by atoms with Gasteiger partial charge in [-0.05, 0) is 81.8 Å². The molecule has 1 aliphatic rings. The van der Waals surface area contributed by atoms with Crippen LogP contribution in [0.3, 0.4) is 0 Å². The number of unbranched alkanes of at least 4 members (excludes halogenated alkanes) is 4. The second kappa shape index (κ2) is 13.9. The molecule has 3 aromatic rings. The van der Waals surface area contributed by atoms with Gasteiger partial charge in [0, 0.05) is 6.61 Å². The van der Waals surface area contributed by atoms with Gasteiger partial charge < -0.3 is 9.47 Å². The number of hydrogen-bond acceptors (Lipinski definition) is 2. The normalized spacial score (nSPS) is 17.2.